The summed E-state index contributed by atoms with van der Waals surface area (Å²) in [5.41, 5.74) is -1.05. The SMILES string of the molecule is N#CC1=C([N+](=O)[O-])C=CC(S(=O)(=O)O)N1. The van der Waals surface area contributed by atoms with Crippen LogP contribution in [0.25, 0.3) is 0 Å². The van der Waals surface area contributed by atoms with Crippen molar-refractivity contribution in [3.8, 4) is 6.07 Å². The first-order valence-corrected chi connectivity index (χ1v) is 5.06. The molecule has 0 saturated carbocycles. The van der Waals surface area contributed by atoms with Crippen molar-refractivity contribution in [1.82, 2.24) is 5.32 Å². The lowest BCUT2D eigenvalue weighted by Crippen LogP contribution is -2.37. The molecule has 2 N–H and O–H groups in total. The largest absolute Gasteiger partial charge is 0.350 e. The van der Waals surface area contributed by atoms with Crippen LogP contribution in [0.3, 0.4) is 0 Å². The molecule has 0 bridgehead atoms. The van der Waals surface area contributed by atoms with Crippen molar-refractivity contribution in [2.24, 2.45) is 0 Å². The molecule has 8 nitrogen and oxygen atoms in total. The van der Waals surface area contributed by atoms with Crippen LogP contribution < -0.4 is 5.32 Å². The van der Waals surface area contributed by atoms with Crippen LogP contribution in [0.4, 0.5) is 0 Å². The first kappa shape index (κ1) is 11.2. The van der Waals surface area contributed by atoms with Crippen LogP contribution in [0.5, 0.6) is 0 Å². The maximum Gasteiger partial charge on any atom is 0.302 e. The fourth-order valence-corrected chi connectivity index (χ4v) is 1.49. The third kappa shape index (κ3) is 2.30. The molecular formula is C6H5N3O5S. The Morgan fingerprint density at radius 2 is 2.27 bits per heavy atom. The first-order valence-electron chi connectivity index (χ1n) is 3.56. The first-order chi connectivity index (χ1) is 6.86. The van der Waals surface area contributed by atoms with Crippen LogP contribution in [0.2, 0.25) is 0 Å². The van der Waals surface area contributed by atoms with Crippen LogP contribution in [0, 0.1) is 21.4 Å². The summed E-state index contributed by atoms with van der Waals surface area (Å²) in [6.45, 7) is 0. The lowest BCUT2D eigenvalue weighted by molar-refractivity contribution is -0.420. The molecule has 1 aliphatic heterocycles. The summed E-state index contributed by atoms with van der Waals surface area (Å²) in [7, 11) is -4.42. The van der Waals surface area contributed by atoms with E-state index in [1.807, 2.05) is 5.32 Å². The Morgan fingerprint density at radius 3 is 2.67 bits per heavy atom. The highest BCUT2D eigenvalue weighted by atomic mass is 32.2. The third-order valence-corrected chi connectivity index (χ3v) is 2.52. The van der Waals surface area contributed by atoms with Crippen LogP contribution in [-0.4, -0.2) is 23.3 Å². The lowest BCUT2D eigenvalue weighted by Gasteiger charge is -2.14. The highest BCUT2D eigenvalue weighted by Gasteiger charge is 2.29. The second-order valence-electron chi connectivity index (χ2n) is 2.57. The molecule has 0 spiro atoms. The second kappa shape index (κ2) is 3.68. The van der Waals surface area contributed by atoms with Gasteiger partial charge in [0.25, 0.3) is 10.1 Å². The number of hydrogen-bond donors (Lipinski definition) is 2. The summed E-state index contributed by atoms with van der Waals surface area (Å²) in [4.78, 5) is 9.54. The van der Waals surface area contributed by atoms with Gasteiger partial charge >= 0.3 is 5.70 Å². The minimum atomic E-state index is -4.42. The van der Waals surface area contributed by atoms with Gasteiger partial charge in [0, 0.05) is 6.08 Å². The fraction of sp³-hybridized carbons (Fsp3) is 0.167. The van der Waals surface area contributed by atoms with Gasteiger partial charge in [-0.3, -0.25) is 14.7 Å². The quantitative estimate of drug-likeness (QED) is 0.367. The third-order valence-electron chi connectivity index (χ3n) is 1.60. The molecule has 0 amide bonds. The molecule has 9 heteroatoms. The molecule has 80 valence electrons. The topological polar surface area (TPSA) is 133 Å². The molecule has 15 heavy (non-hydrogen) atoms. The number of rotatable bonds is 2. The Labute approximate surface area is 84.4 Å². The Bertz CT molecular complexity index is 497. The smallest absolute Gasteiger partial charge is 0.302 e. The van der Waals surface area contributed by atoms with Gasteiger partial charge in [0.05, 0.1) is 4.92 Å². The number of allylic oxidation sites excluding steroid dienone is 2. The van der Waals surface area contributed by atoms with Crippen molar-refractivity contribution >= 4 is 10.1 Å². The van der Waals surface area contributed by atoms with Crippen molar-refractivity contribution in [1.29, 1.82) is 5.26 Å². The fourth-order valence-electron chi connectivity index (χ4n) is 0.942. The Kier molecular flexibility index (Phi) is 2.74. The van der Waals surface area contributed by atoms with E-state index in [1.54, 1.807) is 0 Å². The van der Waals surface area contributed by atoms with Crippen molar-refractivity contribution in [3.05, 3.63) is 33.7 Å². The number of hydrogen-bond acceptors (Lipinski definition) is 6. The molecule has 1 rings (SSSR count). The zero-order chi connectivity index (χ0) is 11.6. The Hall–Kier alpha value is -1.92. The molecule has 0 aromatic rings. The van der Waals surface area contributed by atoms with Gasteiger partial charge in [-0.25, -0.2) is 0 Å². The maximum atomic E-state index is 10.7. The number of nitriles is 1. The van der Waals surface area contributed by atoms with E-state index in [-0.39, 0.29) is 0 Å². The van der Waals surface area contributed by atoms with Crippen LogP contribution in [-0.2, 0) is 10.1 Å². The molecule has 0 radical (unpaired) electrons. The molecule has 1 atom stereocenters. The van der Waals surface area contributed by atoms with Gasteiger partial charge in [0.15, 0.2) is 11.1 Å². The molecule has 0 saturated heterocycles. The van der Waals surface area contributed by atoms with Gasteiger partial charge in [-0.2, -0.15) is 13.7 Å². The summed E-state index contributed by atoms with van der Waals surface area (Å²) in [6, 6.07) is 1.44. The maximum absolute atomic E-state index is 10.7. The van der Waals surface area contributed by atoms with Crippen molar-refractivity contribution < 1.29 is 17.9 Å². The molecule has 0 fully saturated rings. The minimum Gasteiger partial charge on any atom is -0.350 e. The molecule has 0 aliphatic carbocycles. The standard InChI is InChI=1S/C6H5N3O5S/c7-3-4-5(9(10)11)1-2-6(8-4)15(12,13)14/h1-2,6,8H,(H,12,13,14). The van der Waals surface area contributed by atoms with E-state index in [0.29, 0.717) is 0 Å². The zero-order valence-electron chi connectivity index (χ0n) is 7.11. The average Bonchev–Trinajstić information content (AvgIpc) is 2.15. The van der Waals surface area contributed by atoms with Gasteiger partial charge in [-0.05, 0) is 6.08 Å². The van der Waals surface area contributed by atoms with E-state index in [9.17, 15) is 18.5 Å². The summed E-state index contributed by atoms with van der Waals surface area (Å²) in [5.74, 6) is 0. The van der Waals surface area contributed by atoms with E-state index in [4.69, 9.17) is 9.81 Å². The van der Waals surface area contributed by atoms with Gasteiger partial charge in [-0.1, -0.05) is 0 Å². The van der Waals surface area contributed by atoms with E-state index >= 15 is 0 Å². The molecule has 1 heterocycles. The zero-order valence-corrected chi connectivity index (χ0v) is 7.93. The monoisotopic (exact) mass is 231 g/mol. The molecule has 0 aromatic carbocycles. The van der Waals surface area contributed by atoms with Crippen molar-refractivity contribution in [2.75, 3.05) is 0 Å². The number of nitro groups is 1. The van der Waals surface area contributed by atoms with Crippen LogP contribution in [0.15, 0.2) is 23.5 Å². The summed E-state index contributed by atoms with van der Waals surface area (Å²) in [5, 5.41) is 19.4. The average molecular weight is 231 g/mol. The van der Waals surface area contributed by atoms with Crippen LogP contribution >= 0.6 is 0 Å². The molecule has 0 aromatic heterocycles. The van der Waals surface area contributed by atoms with Crippen molar-refractivity contribution in [3.63, 3.8) is 0 Å². The Balaban J connectivity index is 3.11. The number of dihydropyridines is 1. The molecule has 1 unspecified atom stereocenters. The predicted octanol–water partition coefficient (Wildman–Crippen LogP) is -0.628. The van der Waals surface area contributed by atoms with Gasteiger partial charge < -0.3 is 5.32 Å². The molecular weight excluding hydrogens is 226 g/mol. The summed E-state index contributed by atoms with van der Waals surface area (Å²) < 4.78 is 30.0. The second-order valence-corrected chi connectivity index (χ2v) is 4.11. The minimum absolute atomic E-state index is 0.509. The van der Waals surface area contributed by atoms with Crippen molar-refractivity contribution in [2.45, 2.75) is 5.37 Å². The van der Waals surface area contributed by atoms with E-state index in [0.717, 1.165) is 12.2 Å². The Morgan fingerprint density at radius 1 is 1.67 bits per heavy atom. The summed E-state index contributed by atoms with van der Waals surface area (Å²) in [6.07, 6.45) is 1.74. The predicted molar refractivity (Wildman–Crippen MR) is 47.2 cm³/mol. The van der Waals surface area contributed by atoms with E-state index < -0.39 is 31.8 Å². The molecule has 1 aliphatic rings. The number of nitrogens with zero attached hydrogens (tertiary/aromatic N) is 2. The summed E-state index contributed by atoms with van der Waals surface area (Å²) >= 11 is 0. The van der Waals surface area contributed by atoms with Crippen LogP contribution in [0.1, 0.15) is 0 Å². The van der Waals surface area contributed by atoms with Gasteiger partial charge in [0.1, 0.15) is 6.07 Å². The highest BCUT2D eigenvalue weighted by molar-refractivity contribution is 7.86. The lowest BCUT2D eigenvalue weighted by atomic mass is 10.2. The normalized spacial score (nSPS) is 20.7. The van der Waals surface area contributed by atoms with Gasteiger partial charge in [0.2, 0.25) is 0 Å². The highest BCUT2D eigenvalue weighted by Crippen LogP contribution is 2.13. The van der Waals surface area contributed by atoms with E-state index in [1.165, 1.54) is 6.07 Å². The number of nitrogens with one attached hydrogen (secondary N) is 1. The van der Waals surface area contributed by atoms with E-state index in [2.05, 4.69) is 0 Å². The van der Waals surface area contributed by atoms with Gasteiger partial charge in [-0.15, -0.1) is 0 Å².